The molecule has 0 fully saturated rings. The molecule has 4 heteroatoms. The van der Waals surface area contributed by atoms with Crippen LogP contribution in [0.25, 0.3) is 0 Å². The molecule has 0 nitrogen and oxygen atoms in total. The second-order valence-electron chi connectivity index (χ2n) is 10.3. The van der Waals surface area contributed by atoms with Gasteiger partial charge in [-0.05, 0) is 61.5 Å². The van der Waals surface area contributed by atoms with E-state index in [4.69, 9.17) is 0 Å². The zero-order valence-electron chi connectivity index (χ0n) is 26.2. The maximum Gasteiger partial charge on any atom is 2.00 e. The summed E-state index contributed by atoms with van der Waals surface area (Å²) in [5.74, 6) is 2.77. The molecular formula is C42H38P2PdS. The van der Waals surface area contributed by atoms with E-state index >= 15 is 0 Å². The predicted molar refractivity (Wildman–Crippen MR) is 203 cm³/mol. The van der Waals surface area contributed by atoms with Crippen molar-refractivity contribution in [2.24, 2.45) is 0 Å². The van der Waals surface area contributed by atoms with Crippen molar-refractivity contribution in [3.63, 3.8) is 0 Å². The van der Waals surface area contributed by atoms with Gasteiger partial charge in [-0.25, -0.2) is 5.25 Å². The van der Waals surface area contributed by atoms with Gasteiger partial charge in [-0.3, -0.25) is 0 Å². The van der Waals surface area contributed by atoms with E-state index in [1.54, 1.807) is 0 Å². The van der Waals surface area contributed by atoms with Crippen molar-refractivity contribution in [3.05, 3.63) is 193 Å². The first-order chi connectivity index (χ1) is 22.1. The first-order valence-corrected chi connectivity index (χ1v) is 18.5. The van der Waals surface area contributed by atoms with Crippen LogP contribution in [0.5, 0.6) is 0 Å². The van der Waals surface area contributed by atoms with Crippen LogP contribution in [-0.4, -0.2) is 12.3 Å². The normalized spacial score (nSPS) is 9.83. The Labute approximate surface area is 298 Å². The number of hydrogen-bond acceptors (Lipinski definition) is 1. The van der Waals surface area contributed by atoms with Crippen molar-refractivity contribution in [3.8, 4) is 11.2 Å². The number of rotatable bonds is 7. The monoisotopic (exact) mass is 742 g/mol. The van der Waals surface area contributed by atoms with Crippen molar-refractivity contribution < 1.29 is 20.4 Å². The van der Waals surface area contributed by atoms with E-state index in [0.717, 1.165) is 5.56 Å². The third kappa shape index (κ3) is 12.8. The molecule has 6 aromatic rings. The van der Waals surface area contributed by atoms with Gasteiger partial charge in [0.05, 0.1) is 0 Å². The average molecular weight is 743 g/mol. The minimum Gasteiger partial charge on any atom is -0.724 e. The van der Waals surface area contributed by atoms with E-state index in [1.165, 1.54) is 44.7 Å². The van der Waals surface area contributed by atoms with Crippen LogP contribution < -0.4 is 21.2 Å². The predicted octanol–water partition coefficient (Wildman–Crippen LogP) is 8.90. The molecule has 0 aliphatic carbocycles. The molecule has 0 unspecified atom stereocenters. The maximum absolute atomic E-state index is 4.47. The average Bonchev–Trinajstić information content (AvgIpc) is 3.09. The second kappa shape index (κ2) is 21.4. The van der Waals surface area contributed by atoms with Crippen molar-refractivity contribution in [1.29, 1.82) is 0 Å². The molecule has 0 aliphatic heterocycles. The molecule has 0 bridgehead atoms. The molecular weight excluding hydrogens is 705 g/mol. The van der Waals surface area contributed by atoms with E-state index in [1.807, 2.05) is 49.4 Å². The molecule has 6 aromatic carbocycles. The van der Waals surface area contributed by atoms with Gasteiger partial charge in [-0.1, -0.05) is 159 Å². The summed E-state index contributed by atoms with van der Waals surface area (Å²) < 4.78 is 0. The summed E-state index contributed by atoms with van der Waals surface area (Å²) in [6.45, 7) is 4.13. The third-order valence-corrected chi connectivity index (χ3v) is 12.4. The standard InChI is InChI=1S/C26H24P2.C8H6S.C8H9.Pd/c1-5-13-23(14-6-1)27(24-15-7-2-8-16-24)21-22-28(25-17-9-3-10-18-25)26-19-11-4-12-20-26;9-7-6-8-4-2-1-3-5-8;1-7-4-3-5-8(2)6-7;/h1-20H,21-22H2;1-5,9H;3-4,6H,1-2H3;/q;;-1;+2/p-1. The molecule has 6 rings (SSSR count). The molecule has 0 atom stereocenters. The first-order valence-electron chi connectivity index (χ1n) is 15.0. The molecule has 232 valence electrons. The molecule has 0 N–H and O–H groups in total. The van der Waals surface area contributed by atoms with Gasteiger partial charge in [-0.2, -0.15) is 35.4 Å². The van der Waals surface area contributed by atoms with Gasteiger partial charge >= 0.3 is 20.4 Å². The zero-order chi connectivity index (χ0) is 31.5. The second-order valence-corrected chi connectivity index (χ2v) is 15.2. The maximum atomic E-state index is 4.47. The van der Waals surface area contributed by atoms with Crippen LogP contribution in [0, 0.1) is 31.1 Å². The topological polar surface area (TPSA) is 0 Å². The van der Waals surface area contributed by atoms with E-state index < -0.39 is 0 Å². The van der Waals surface area contributed by atoms with Gasteiger partial charge in [0.15, 0.2) is 0 Å². The molecule has 0 saturated heterocycles. The van der Waals surface area contributed by atoms with E-state index in [2.05, 4.69) is 164 Å². The van der Waals surface area contributed by atoms with Crippen molar-refractivity contribution >= 4 is 49.7 Å². The molecule has 46 heavy (non-hydrogen) atoms. The molecule has 0 aliphatic rings. The Hall–Kier alpha value is -3.38. The Kier molecular flexibility index (Phi) is 17.3. The van der Waals surface area contributed by atoms with Crippen LogP contribution in [0.3, 0.4) is 0 Å². The Morgan fingerprint density at radius 2 is 0.870 bits per heavy atom. The summed E-state index contributed by atoms with van der Waals surface area (Å²) in [4.78, 5) is 0. The fraction of sp³-hybridized carbons (Fsp3) is 0.0952. The minimum absolute atomic E-state index is 0. The van der Waals surface area contributed by atoms with Crippen LogP contribution in [0.1, 0.15) is 16.7 Å². The summed E-state index contributed by atoms with van der Waals surface area (Å²) in [5.41, 5.74) is 3.50. The first kappa shape index (κ1) is 37.1. The fourth-order valence-electron chi connectivity index (χ4n) is 4.76. The van der Waals surface area contributed by atoms with Crippen molar-refractivity contribution in [2.45, 2.75) is 13.8 Å². The minimum atomic E-state index is -0.348. The summed E-state index contributed by atoms with van der Waals surface area (Å²) in [5, 5.41) is 8.31. The molecule has 0 heterocycles. The fourth-order valence-corrected chi connectivity index (χ4v) is 10.2. The molecule has 0 radical (unpaired) electrons. The van der Waals surface area contributed by atoms with Crippen LogP contribution in [0.4, 0.5) is 0 Å². The molecule has 0 saturated carbocycles. The largest absolute Gasteiger partial charge is 2.00 e. The van der Waals surface area contributed by atoms with Gasteiger partial charge < -0.3 is 12.6 Å². The summed E-state index contributed by atoms with van der Waals surface area (Å²) in [6.07, 6.45) is 2.41. The molecule has 0 spiro atoms. The van der Waals surface area contributed by atoms with Crippen LogP contribution in [-0.2, 0) is 33.1 Å². The molecule has 0 amide bonds. The summed E-state index contributed by atoms with van der Waals surface area (Å²) in [7, 11) is -0.696. The van der Waals surface area contributed by atoms with E-state index in [0.29, 0.717) is 0 Å². The third-order valence-electron chi connectivity index (χ3n) is 6.89. The van der Waals surface area contributed by atoms with E-state index in [-0.39, 0.29) is 36.3 Å². The van der Waals surface area contributed by atoms with Gasteiger partial charge in [-0.15, -0.1) is 0 Å². The number of aryl methyl sites for hydroxylation is 2. The zero-order valence-corrected chi connectivity index (χ0v) is 30.4. The van der Waals surface area contributed by atoms with Gasteiger partial charge in [0, 0.05) is 5.56 Å². The number of hydrogen-bond donors (Lipinski definition) is 0. The van der Waals surface area contributed by atoms with Crippen molar-refractivity contribution in [2.75, 3.05) is 12.3 Å². The van der Waals surface area contributed by atoms with Gasteiger partial charge in [0.25, 0.3) is 0 Å². The van der Waals surface area contributed by atoms with Crippen LogP contribution >= 0.6 is 15.8 Å². The van der Waals surface area contributed by atoms with Gasteiger partial charge in [0.2, 0.25) is 0 Å². The number of benzene rings is 6. The Bertz CT molecular complexity index is 1540. The van der Waals surface area contributed by atoms with Crippen LogP contribution in [0.15, 0.2) is 170 Å². The quantitative estimate of drug-likeness (QED) is 0.0518. The Balaban J connectivity index is 0.000000261. The summed E-state index contributed by atoms with van der Waals surface area (Å²) in [6, 6.07) is 63.1. The molecule has 0 aromatic heterocycles. The van der Waals surface area contributed by atoms with Crippen LogP contribution in [0.2, 0.25) is 0 Å². The van der Waals surface area contributed by atoms with Crippen molar-refractivity contribution in [1.82, 2.24) is 0 Å². The SMILES string of the molecule is Cc1[c-]ccc(C)c1.[Pd+2].[S-]C#Cc1ccccc1.c1ccc(P(CCP(c2ccccc2)c2ccccc2)c2ccccc2)cc1. The van der Waals surface area contributed by atoms with Gasteiger partial charge in [0.1, 0.15) is 0 Å². The summed E-state index contributed by atoms with van der Waals surface area (Å²) >= 11 is 4.47. The smallest absolute Gasteiger partial charge is 0.724 e. The Morgan fingerprint density at radius 1 is 0.522 bits per heavy atom. The van der Waals surface area contributed by atoms with E-state index in [9.17, 15) is 0 Å². The Morgan fingerprint density at radius 3 is 1.15 bits per heavy atom.